The van der Waals surface area contributed by atoms with Crippen molar-refractivity contribution in [3.05, 3.63) is 110 Å². The number of esters is 2. The molecule has 0 N–H and O–H groups in total. The quantitative estimate of drug-likeness (QED) is 0.186. The zero-order valence-corrected chi connectivity index (χ0v) is 24.3. The number of ether oxygens (including phenoxy) is 3. The van der Waals surface area contributed by atoms with E-state index < -0.39 is 23.6 Å². The molecule has 0 amide bonds. The van der Waals surface area contributed by atoms with Crippen molar-refractivity contribution in [2.24, 2.45) is 0 Å². The van der Waals surface area contributed by atoms with E-state index in [0.29, 0.717) is 31.5 Å². The van der Waals surface area contributed by atoms with Gasteiger partial charge >= 0.3 is 11.9 Å². The van der Waals surface area contributed by atoms with Gasteiger partial charge in [0.25, 0.3) is 0 Å². The predicted octanol–water partition coefficient (Wildman–Crippen LogP) is 8.93. The molecule has 0 aliphatic heterocycles. The summed E-state index contributed by atoms with van der Waals surface area (Å²) in [4.78, 5) is 27.4. The van der Waals surface area contributed by atoms with Gasteiger partial charge in [-0.05, 0) is 74.5 Å². The molecular weight excluding hydrogens is 631 g/mol. The molecule has 4 rings (SSSR count). The highest BCUT2D eigenvalue weighted by atomic mass is 79.9. The summed E-state index contributed by atoms with van der Waals surface area (Å²) in [5.74, 6) is -1.49. The minimum atomic E-state index is -0.599. The molecule has 0 saturated heterocycles. The van der Waals surface area contributed by atoms with E-state index in [0.717, 1.165) is 12.1 Å². The average molecular weight is 653 g/mol. The second-order valence-electron chi connectivity index (χ2n) is 7.87. The van der Waals surface area contributed by atoms with E-state index >= 15 is 0 Å². The molecule has 0 aliphatic carbocycles. The number of carbonyl (C=O) groups excluding carboxylic acids is 2. The standard InChI is InChI=1S/C20H14Cl2FNO3.C9H8BrFO2/c1-2-26-20(25)13-8-12(9-15(23)10-13)17-4-3-5-19(24-17)27-18-7-6-14(21)11-16(18)22;1-2-13-9(12)6-3-7(10)5-8(11)4-6/h3-11H,2H2,1H3;3-5H,2H2,1H3. The maximum absolute atomic E-state index is 14.0. The van der Waals surface area contributed by atoms with Gasteiger partial charge in [0.2, 0.25) is 5.88 Å². The fourth-order valence-electron chi connectivity index (χ4n) is 3.26. The van der Waals surface area contributed by atoms with E-state index in [1.165, 1.54) is 24.3 Å². The van der Waals surface area contributed by atoms with Crippen LogP contribution in [0.2, 0.25) is 10.0 Å². The lowest BCUT2D eigenvalue weighted by Crippen LogP contribution is -2.05. The van der Waals surface area contributed by atoms with Gasteiger partial charge in [-0.3, -0.25) is 0 Å². The molecule has 0 saturated carbocycles. The maximum atomic E-state index is 14.0. The Labute approximate surface area is 247 Å². The van der Waals surface area contributed by atoms with Crippen LogP contribution in [0.25, 0.3) is 11.3 Å². The van der Waals surface area contributed by atoms with Gasteiger partial charge in [0.15, 0.2) is 0 Å². The van der Waals surface area contributed by atoms with Gasteiger partial charge in [0, 0.05) is 21.1 Å². The third kappa shape index (κ3) is 9.01. The molecule has 3 aromatic carbocycles. The number of hydrogen-bond donors (Lipinski definition) is 0. The summed E-state index contributed by atoms with van der Waals surface area (Å²) in [6.45, 7) is 3.87. The molecule has 0 bridgehead atoms. The molecule has 6 nitrogen and oxygen atoms in total. The Morgan fingerprint density at radius 1 is 0.825 bits per heavy atom. The van der Waals surface area contributed by atoms with Crippen LogP contribution in [0, 0.1) is 11.6 Å². The summed E-state index contributed by atoms with van der Waals surface area (Å²) in [5.41, 5.74) is 1.18. The maximum Gasteiger partial charge on any atom is 0.338 e. The average Bonchev–Trinajstić information content (AvgIpc) is 2.90. The highest BCUT2D eigenvalue weighted by Gasteiger charge is 2.13. The van der Waals surface area contributed by atoms with Crippen molar-refractivity contribution in [1.29, 1.82) is 0 Å². The molecule has 0 radical (unpaired) electrons. The van der Waals surface area contributed by atoms with Crippen molar-refractivity contribution in [2.45, 2.75) is 13.8 Å². The zero-order chi connectivity index (χ0) is 29.2. The molecule has 40 heavy (non-hydrogen) atoms. The van der Waals surface area contributed by atoms with Gasteiger partial charge in [-0.1, -0.05) is 45.2 Å². The Balaban J connectivity index is 0.000000285. The zero-order valence-electron chi connectivity index (χ0n) is 21.2. The summed E-state index contributed by atoms with van der Waals surface area (Å²) in [6.07, 6.45) is 0. The summed E-state index contributed by atoms with van der Waals surface area (Å²) >= 11 is 15.1. The first kappa shape index (κ1) is 31.0. The lowest BCUT2D eigenvalue weighted by atomic mass is 10.1. The number of halogens is 5. The topological polar surface area (TPSA) is 74.7 Å². The molecular formula is C29H22BrCl2F2NO5. The largest absolute Gasteiger partial charge is 0.462 e. The van der Waals surface area contributed by atoms with Crippen LogP contribution in [0.5, 0.6) is 11.6 Å². The highest BCUT2D eigenvalue weighted by Crippen LogP contribution is 2.32. The minimum absolute atomic E-state index is 0.112. The van der Waals surface area contributed by atoms with Gasteiger partial charge in [-0.25, -0.2) is 23.4 Å². The van der Waals surface area contributed by atoms with Crippen molar-refractivity contribution >= 4 is 51.1 Å². The first-order valence-electron chi connectivity index (χ1n) is 11.8. The van der Waals surface area contributed by atoms with Crippen LogP contribution in [-0.2, 0) is 9.47 Å². The lowest BCUT2D eigenvalue weighted by Gasteiger charge is -2.09. The Morgan fingerprint density at radius 2 is 1.45 bits per heavy atom. The van der Waals surface area contributed by atoms with Crippen molar-refractivity contribution in [3.63, 3.8) is 0 Å². The third-order valence-corrected chi connectivity index (χ3v) is 5.90. The summed E-state index contributed by atoms with van der Waals surface area (Å²) in [7, 11) is 0. The van der Waals surface area contributed by atoms with E-state index in [4.69, 9.17) is 37.4 Å². The van der Waals surface area contributed by atoms with E-state index in [9.17, 15) is 18.4 Å². The molecule has 0 fully saturated rings. The Hall–Kier alpha value is -3.53. The molecule has 0 aliphatic rings. The Bertz CT molecular complexity index is 1500. The van der Waals surface area contributed by atoms with Crippen molar-refractivity contribution < 1.29 is 32.6 Å². The van der Waals surface area contributed by atoms with Gasteiger partial charge < -0.3 is 14.2 Å². The molecule has 1 heterocycles. The number of carbonyl (C=O) groups is 2. The van der Waals surface area contributed by atoms with Crippen LogP contribution in [0.1, 0.15) is 34.6 Å². The van der Waals surface area contributed by atoms with Crippen molar-refractivity contribution in [3.8, 4) is 22.9 Å². The van der Waals surface area contributed by atoms with E-state index in [1.807, 2.05) is 0 Å². The lowest BCUT2D eigenvalue weighted by molar-refractivity contribution is 0.0516. The molecule has 0 spiro atoms. The van der Waals surface area contributed by atoms with Gasteiger partial charge in [-0.15, -0.1) is 0 Å². The Morgan fingerprint density at radius 3 is 2.05 bits per heavy atom. The summed E-state index contributed by atoms with van der Waals surface area (Å²) in [5, 5.41) is 0.824. The van der Waals surface area contributed by atoms with Crippen LogP contribution in [0.4, 0.5) is 8.78 Å². The second kappa shape index (κ2) is 14.7. The summed E-state index contributed by atoms with van der Waals surface area (Å²) in [6, 6.07) is 17.7. The summed E-state index contributed by atoms with van der Waals surface area (Å²) < 4.78 is 42.6. The van der Waals surface area contributed by atoms with Crippen molar-refractivity contribution in [1.82, 2.24) is 4.98 Å². The minimum Gasteiger partial charge on any atom is -0.462 e. The van der Waals surface area contributed by atoms with Gasteiger partial charge in [0.1, 0.15) is 17.4 Å². The van der Waals surface area contributed by atoms with Crippen LogP contribution >= 0.6 is 39.1 Å². The molecule has 0 unspecified atom stereocenters. The van der Waals surface area contributed by atoms with E-state index in [2.05, 4.69) is 20.9 Å². The van der Waals surface area contributed by atoms with Crippen LogP contribution < -0.4 is 4.74 Å². The normalized spacial score (nSPS) is 10.3. The number of rotatable bonds is 7. The van der Waals surface area contributed by atoms with Crippen LogP contribution in [-0.4, -0.2) is 30.1 Å². The predicted molar refractivity (Wildman–Crippen MR) is 152 cm³/mol. The van der Waals surface area contributed by atoms with E-state index in [-0.39, 0.29) is 30.2 Å². The number of hydrogen-bond acceptors (Lipinski definition) is 6. The monoisotopic (exact) mass is 651 g/mol. The highest BCUT2D eigenvalue weighted by molar-refractivity contribution is 9.10. The molecule has 4 aromatic rings. The molecule has 208 valence electrons. The SMILES string of the molecule is CCOC(=O)c1cc(F)cc(-c2cccc(Oc3ccc(Cl)cc3Cl)n2)c1.CCOC(=O)c1cc(F)cc(Br)c1. The number of nitrogens with zero attached hydrogens (tertiary/aromatic N) is 1. The Kier molecular flexibility index (Phi) is 11.4. The number of benzene rings is 3. The molecule has 1 aromatic heterocycles. The fraction of sp³-hybridized carbons (Fsp3) is 0.138. The third-order valence-electron chi connectivity index (χ3n) is 4.91. The fourth-order valence-corrected chi connectivity index (χ4v) is 4.17. The van der Waals surface area contributed by atoms with Crippen LogP contribution in [0.15, 0.2) is 77.3 Å². The smallest absolute Gasteiger partial charge is 0.338 e. The molecule has 0 atom stereocenters. The van der Waals surface area contributed by atoms with Crippen LogP contribution in [0.3, 0.4) is 0 Å². The second-order valence-corrected chi connectivity index (χ2v) is 9.62. The first-order valence-corrected chi connectivity index (χ1v) is 13.4. The number of pyridine rings is 1. The number of aromatic nitrogens is 1. The van der Waals surface area contributed by atoms with Crippen molar-refractivity contribution in [2.75, 3.05) is 13.2 Å². The van der Waals surface area contributed by atoms with E-state index in [1.54, 1.807) is 50.2 Å². The first-order chi connectivity index (χ1) is 19.1. The van der Waals surface area contributed by atoms with Gasteiger partial charge in [-0.2, -0.15) is 0 Å². The molecule has 11 heteroatoms. The van der Waals surface area contributed by atoms with Gasteiger partial charge in [0.05, 0.1) is 35.1 Å².